The van der Waals surface area contributed by atoms with Crippen LogP contribution < -0.4 is 4.90 Å². The highest BCUT2D eigenvalue weighted by atomic mass is 16.3. The van der Waals surface area contributed by atoms with Crippen LogP contribution in [0.5, 0.6) is 0 Å². The van der Waals surface area contributed by atoms with Crippen LogP contribution in [0.4, 0.5) is 5.69 Å². The summed E-state index contributed by atoms with van der Waals surface area (Å²) in [5.41, 5.74) is 2.42. The van der Waals surface area contributed by atoms with Gasteiger partial charge in [0, 0.05) is 18.7 Å². The summed E-state index contributed by atoms with van der Waals surface area (Å²) in [5, 5.41) is 0. The maximum Gasteiger partial charge on any atom is 0.276 e. The molecule has 1 amide bonds. The van der Waals surface area contributed by atoms with Gasteiger partial charge in [-0.15, -0.1) is 0 Å². The molecule has 0 N–H and O–H groups in total. The number of hydrogen-bond donors (Lipinski definition) is 0. The summed E-state index contributed by atoms with van der Waals surface area (Å²) < 4.78 is 5.50. The molecule has 1 aliphatic rings. The molecule has 0 saturated carbocycles. The number of fused-ring (bicyclic) bond motifs is 1. The second kappa shape index (κ2) is 4.24. The van der Waals surface area contributed by atoms with E-state index in [0.29, 0.717) is 17.2 Å². The first kappa shape index (κ1) is 11.5. The van der Waals surface area contributed by atoms with Crippen molar-refractivity contribution in [2.24, 2.45) is 4.99 Å². The van der Waals surface area contributed by atoms with Crippen LogP contribution in [-0.2, 0) is 4.79 Å². The van der Waals surface area contributed by atoms with Crippen molar-refractivity contribution in [1.82, 2.24) is 0 Å². The van der Waals surface area contributed by atoms with Gasteiger partial charge in [-0.1, -0.05) is 36.9 Å². The van der Waals surface area contributed by atoms with Gasteiger partial charge in [-0.3, -0.25) is 4.79 Å². The lowest BCUT2D eigenvalue weighted by atomic mass is 10.1. The zero-order chi connectivity index (χ0) is 13.4. The minimum atomic E-state index is -0.228. The maximum absolute atomic E-state index is 12.1. The number of likely N-dealkylation sites (N-methyl/N-ethyl adjacent to an activating group) is 1. The van der Waals surface area contributed by atoms with Gasteiger partial charge in [0.15, 0.2) is 5.76 Å². The van der Waals surface area contributed by atoms with E-state index < -0.39 is 0 Å². The molecule has 0 spiro atoms. The number of amides is 1. The van der Waals surface area contributed by atoms with E-state index in [1.165, 1.54) is 4.90 Å². The Labute approximate surface area is 110 Å². The molecule has 1 aromatic heterocycles. The highest BCUT2D eigenvalue weighted by Gasteiger charge is 2.27. The molecule has 0 atom stereocenters. The number of carbonyl (C=O) groups excluding carboxylic acids is 1. The molecule has 94 valence electrons. The number of benzene rings is 1. The van der Waals surface area contributed by atoms with E-state index in [9.17, 15) is 4.79 Å². The summed E-state index contributed by atoms with van der Waals surface area (Å²) in [4.78, 5) is 17.9. The normalized spacial score (nSPS) is 15.0. The van der Waals surface area contributed by atoms with Crippen molar-refractivity contribution in [2.75, 3.05) is 11.9 Å². The molecule has 0 saturated heterocycles. The van der Waals surface area contributed by atoms with Crippen molar-refractivity contribution in [2.45, 2.75) is 0 Å². The lowest BCUT2D eigenvalue weighted by Crippen LogP contribution is -2.25. The Morgan fingerprint density at radius 2 is 1.95 bits per heavy atom. The van der Waals surface area contributed by atoms with Crippen molar-refractivity contribution in [3.63, 3.8) is 0 Å². The Balaban J connectivity index is 2.24. The van der Waals surface area contributed by atoms with Crippen LogP contribution in [0.15, 0.2) is 64.3 Å². The first-order valence-electron chi connectivity index (χ1n) is 5.87. The van der Waals surface area contributed by atoms with Gasteiger partial charge in [0.2, 0.25) is 0 Å². The highest BCUT2D eigenvalue weighted by molar-refractivity contribution is 6.20. The molecule has 1 aliphatic heterocycles. The lowest BCUT2D eigenvalue weighted by Gasteiger charge is -2.13. The fraction of sp³-hybridized carbons (Fsp3) is 0.0667. The van der Waals surface area contributed by atoms with E-state index in [-0.39, 0.29) is 11.6 Å². The molecule has 0 aliphatic carbocycles. The van der Waals surface area contributed by atoms with E-state index >= 15 is 0 Å². The Bertz CT molecular complexity index is 683. The van der Waals surface area contributed by atoms with Gasteiger partial charge in [-0.25, -0.2) is 4.99 Å². The quantitative estimate of drug-likeness (QED) is 0.732. The van der Waals surface area contributed by atoms with E-state index in [0.717, 1.165) is 5.56 Å². The summed E-state index contributed by atoms with van der Waals surface area (Å²) in [5.74, 6) is 0.356. The summed E-state index contributed by atoms with van der Waals surface area (Å²) in [6.07, 6.45) is 1.56. The maximum atomic E-state index is 12.1. The third kappa shape index (κ3) is 1.78. The molecule has 0 fully saturated rings. The highest BCUT2D eigenvalue weighted by Crippen LogP contribution is 2.28. The Morgan fingerprint density at radius 1 is 1.21 bits per heavy atom. The molecule has 3 rings (SSSR count). The average Bonchev–Trinajstić information content (AvgIpc) is 2.89. The molecule has 4 nitrogen and oxygen atoms in total. The molecule has 2 heterocycles. The van der Waals surface area contributed by atoms with Crippen LogP contribution in [0.2, 0.25) is 0 Å². The fourth-order valence-electron chi connectivity index (χ4n) is 2.07. The molecule has 1 aromatic carbocycles. The number of rotatable bonds is 1. The van der Waals surface area contributed by atoms with Crippen LogP contribution >= 0.6 is 0 Å². The predicted octanol–water partition coefficient (Wildman–Crippen LogP) is 2.61. The first-order chi connectivity index (χ1) is 9.18. The largest absolute Gasteiger partial charge is 0.460 e. The van der Waals surface area contributed by atoms with Gasteiger partial charge in [0.25, 0.3) is 5.91 Å². The molecule has 0 bridgehead atoms. The van der Waals surface area contributed by atoms with E-state index in [1.807, 2.05) is 30.3 Å². The molecular weight excluding hydrogens is 240 g/mol. The minimum absolute atomic E-state index is 0.202. The van der Waals surface area contributed by atoms with Crippen molar-refractivity contribution in [3.05, 3.63) is 66.3 Å². The summed E-state index contributed by atoms with van der Waals surface area (Å²) in [6.45, 7) is 3.72. The van der Waals surface area contributed by atoms with E-state index in [1.54, 1.807) is 19.4 Å². The van der Waals surface area contributed by atoms with Crippen LogP contribution in [-0.4, -0.2) is 18.7 Å². The van der Waals surface area contributed by atoms with Crippen LogP contribution in [0.1, 0.15) is 11.3 Å². The van der Waals surface area contributed by atoms with Crippen molar-refractivity contribution in [1.29, 1.82) is 0 Å². The van der Waals surface area contributed by atoms with E-state index in [4.69, 9.17) is 4.42 Å². The zero-order valence-electron chi connectivity index (χ0n) is 10.5. The molecule has 4 heteroatoms. The van der Waals surface area contributed by atoms with Crippen molar-refractivity contribution < 1.29 is 9.21 Å². The fourth-order valence-corrected chi connectivity index (χ4v) is 2.07. The van der Waals surface area contributed by atoms with Crippen molar-refractivity contribution >= 4 is 17.3 Å². The number of aliphatic imine (C=N–C) groups is 1. The Kier molecular flexibility index (Phi) is 2.56. The monoisotopic (exact) mass is 252 g/mol. The van der Waals surface area contributed by atoms with Crippen LogP contribution in [0, 0.1) is 0 Å². The summed E-state index contributed by atoms with van der Waals surface area (Å²) in [7, 11) is 1.69. The molecule has 19 heavy (non-hydrogen) atoms. The van der Waals surface area contributed by atoms with Gasteiger partial charge in [-0.2, -0.15) is 0 Å². The average molecular weight is 252 g/mol. The van der Waals surface area contributed by atoms with Gasteiger partial charge < -0.3 is 9.32 Å². The Morgan fingerprint density at radius 3 is 2.68 bits per heavy atom. The van der Waals surface area contributed by atoms with E-state index in [2.05, 4.69) is 11.6 Å². The smallest absolute Gasteiger partial charge is 0.276 e. The number of furan rings is 1. The van der Waals surface area contributed by atoms with Gasteiger partial charge in [-0.05, 0) is 0 Å². The van der Waals surface area contributed by atoms with Gasteiger partial charge >= 0.3 is 0 Å². The van der Waals surface area contributed by atoms with Gasteiger partial charge in [0.1, 0.15) is 11.4 Å². The molecule has 0 unspecified atom stereocenters. The SMILES string of the molecule is C=C1N=C(c2ccccc2)c2occc2N(C)C1=O. The van der Waals surface area contributed by atoms with Crippen molar-refractivity contribution in [3.8, 4) is 0 Å². The summed E-state index contributed by atoms with van der Waals surface area (Å²) >= 11 is 0. The predicted molar refractivity (Wildman–Crippen MR) is 73.3 cm³/mol. The first-order valence-corrected chi connectivity index (χ1v) is 5.87. The third-order valence-corrected chi connectivity index (χ3v) is 3.07. The topological polar surface area (TPSA) is 45.8 Å². The number of anilines is 1. The second-order valence-electron chi connectivity index (χ2n) is 4.27. The summed E-state index contributed by atoms with van der Waals surface area (Å²) in [6, 6.07) is 11.4. The molecule has 2 aromatic rings. The number of hydrogen-bond acceptors (Lipinski definition) is 3. The van der Waals surface area contributed by atoms with Gasteiger partial charge in [0.05, 0.1) is 12.0 Å². The third-order valence-electron chi connectivity index (χ3n) is 3.07. The molecule has 0 radical (unpaired) electrons. The number of carbonyl (C=O) groups is 1. The lowest BCUT2D eigenvalue weighted by molar-refractivity contribution is -0.114. The number of nitrogens with zero attached hydrogens (tertiary/aromatic N) is 2. The standard InChI is InChI=1S/C15H12N2O2/c1-10-15(18)17(2)12-8-9-19-14(12)13(16-10)11-6-4-3-5-7-11/h3-9H,1H2,2H3. The van der Waals surface area contributed by atoms with Crippen LogP contribution in [0.3, 0.4) is 0 Å². The minimum Gasteiger partial charge on any atom is -0.460 e. The second-order valence-corrected chi connectivity index (χ2v) is 4.27. The Hall–Kier alpha value is -2.62. The van der Waals surface area contributed by atoms with Crippen LogP contribution in [0.25, 0.3) is 0 Å². The zero-order valence-corrected chi connectivity index (χ0v) is 10.5. The molecular formula is C15H12N2O2.